The van der Waals surface area contributed by atoms with E-state index in [1.54, 1.807) is 6.92 Å². The Bertz CT molecular complexity index is 458. The van der Waals surface area contributed by atoms with Crippen LogP contribution in [0, 0.1) is 0 Å². The van der Waals surface area contributed by atoms with Crippen molar-refractivity contribution in [1.29, 1.82) is 0 Å². The molecule has 1 heterocycles. The second kappa shape index (κ2) is 5.20. The number of likely N-dealkylation sites (N-methyl/N-ethyl adjacent to an activating group) is 1. The van der Waals surface area contributed by atoms with E-state index < -0.39 is 29.4 Å². The first-order valence-electron chi connectivity index (χ1n) is 5.65. The molecule has 108 valence electrons. The molecule has 1 rings (SSSR count). The predicted octanol–water partition coefficient (Wildman–Crippen LogP) is 1.92. The molecule has 8 heteroatoms. The Labute approximate surface area is 108 Å². The van der Waals surface area contributed by atoms with E-state index in [4.69, 9.17) is 5.11 Å². The van der Waals surface area contributed by atoms with Crippen LogP contribution in [0.3, 0.4) is 0 Å². The van der Waals surface area contributed by atoms with E-state index in [1.165, 1.54) is 20.2 Å². The number of hydrogen-bond acceptors (Lipinski definition) is 3. The molecule has 0 amide bonds. The molecule has 0 saturated carbocycles. The van der Waals surface area contributed by atoms with Gasteiger partial charge in [0, 0.05) is 6.20 Å². The topological polar surface area (TPSA) is 67.2 Å². The maximum Gasteiger partial charge on any atom is 0.435 e. The average Bonchev–Trinajstić information content (AvgIpc) is 2.77. The number of nitrogens with zero attached hydrogens (tertiary/aromatic N) is 2. The Morgan fingerprint density at radius 1 is 1.58 bits per heavy atom. The molecule has 2 atom stereocenters. The number of aliphatic carboxylic acids is 1. The molecule has 0 fully saturated rings. The van der Waals surface area contributed by atoms with Gasteiger partial charge in [0.15, 0.2) is 5.69 Å². The fourth-order valence-corrected chi connectivity index (χ4v) is 1.72. The van der Waals surface area contributed by atoms with Crippen molar-refractivity contribution >= 4 is 5.97 Å². The lowest BCUT2D eigenvalue weighted by atomic mass is 9.94. The maximum absolute atomic E-state index is 12.4. The highest BCUT2D eigenvalue weighted by molar-refractivity contribution is 5.78. The summed E-state index contributed by atoms with van der Waals surface area (Å²) in [7, 11) is 1.49. The zero-order valence-corrected chi connectivity index (χ0v) is 10.8. The van der Waals surface area contributed by atoms with Crippen molar-refractivity contribution < 1.29 is 23.1 Å². The summed E-state index contributed by atoms with van der Waals surface area (Å²) in [6.07, 6.45) is -3.19. The Morgan fingerprint density at radius 2 is 2.16 bits per heavy atom. The van der Waals surface area contributed by atoms with Crippen LogP contribution >= 0.6 is 0 Å². The van der Waals surface area contributed by atoms with Crippen LogP contribution in [-0.2, 0) is 11.0 Å². The number of nitrogens with one attached hydrogen (secondary N) is 1. The largest absolute Gasteiger partial charge is 0.480 e. The van der Waals surface area contributed by atoms with Crippen LogP contribution in [0.5, 0.6) is 0 Å². The summed E-state index contributed by atoms with van der Waals surface area (Å²) in [5.74, 6) is -1.06. The van der Waals surface area contributed by atoms with Crippen molar-refractivity contribution in [2.24, 2.45) is 0 Å². The quantitative estimate of drug-likeness (QED) is 0.864. The van der Waals surface area contributed by atoms with E-state index in [9.17, 15) is 18.0 Å². The van der Waals surface area contributed by atoms with Gasteiger partial charge in [0.1, 0.15) is 5.54 Å². The molecule has 2 N–H and O–H groups in total. The normalized spacial score (nSPS) is 16.9. The van der Waals surface area contributed by atoms with Crippen LogP contribution in [0.25, 0.3) is 0 Å². The third-order valence-electron chi connectivity index (χ3n) is 3.08. The highest BCUT2D eigenvalue weighted by Crippen LogP contribution is 2.29. The fraction of sp³-hybridized carbons (Fsp3) is 0.636. The number of hydrogen-bond donors (Lipinski definition) is 2. The summed E-state index contributed by atoms with van der Waals surface area (Å²) < 4.78 is 38.4. The van der Waals surface area contributed by atoms with Crippen LogP contribution in [0.15, 0.2) is 12.3 Å². The van der Waals surface area contributed by atoms with Gasteiger partial charge in [-0.05, 0) is 33.4 Å². The Balaban J connectivity index is 2.87. The molecule has 0 saturated heterocycles. The number of aromatic nitrogens is 2. The zero-order valence-electron chi connectivity index (χ0n) is 10.8. The number of halogens is 3. The van der Waals surface area contributed by atoms with E-state index in [0.717, 1.165) is 10.7 Å². The summed E-state index contributed by atoms with van der Waals surface area (Å²) in [5.41, 5.74) is -2.20. The van der Waals surface area contributed by atoms with Gasteiger partial charge >= 0.3 is 12.1 Å². The summed E-state index contributed by atoms with van der Waals surface area (Å²) in [6.45, 7) is 3.09. The molecule has 5 nitrogen and oxygen atoms in total. The van der Waals surface area contributed by atoms with Crippen molar-refractivity contribution in [3.05, 3.63) is 18.0 Å². The number of carboxylic acid groups (broad SMARTS) is 1. The van der Waals surface area contributed by atoms with Gasteiger partial charge in [0.25, 0.3) is 0 Å². The van der Waals surface area contributed by atoms with Crippen molar-refractivity contribution in [2.45, 2.75) is 38.0 Å². The molecule has 2 unspecified atom stereocenters. The molecule has 0 aromatic carbocycles. The van der Waals surface area contributed by atoms with E-state index in [2.05, 4.69) is 10.4 Å². The molecule has 1 aromatic heterocycles. The number of rotatable bonds is 5. The zero-order chi connectivity index (χ0) is 14.8. The van der Waals surface area contributed by atoms with E-state index in [0.29, 0.717) is 0 Å². The van der Waals surface area contributed by atoms with Gasteiger partial charge < -0.3 is 10.4 Å². The molecule has 0 aliphatic carbocycles. The fourth-order valence-electron chi connectivity index (χ4n) is 1.72. The van der Waals surface area contributed by atoms with Gasteiger partial charge in [0.2, 0.25) is 0 Å². The maximum atomic E-state index is 12.4. The van der Waals surface area contributed by atoms with Gasteiger partial charge in [-0.3, -0.25) is 9.48 Å². The molecule has 0 aliphatic heterocycles. The molecule has 0 bridgehead atoms. The van der Waals surface area contributed by atoms with Crippen molar-refractivity contribution in [3.63, 3.8) is 0 Å². The van der Waals surface area contributed by atoms with E-state index in [-0.39, 0.29) is 6.42 Å². The van der Waals surface area contributed by atoms with Crippen molar-refractivity contribution in [2.75, 3.05) is 7.05 Å². The van der Waals surface area contributed by atoms with Crippen LogP contribution < -0.4 is 5.32 Å². The van der Waals surface area contributed by atoms with Gasteiger partial charge in [-0.15, -0.1) is 0 Å². The highest BCUT2D eigenvalue weighted by atomic mass is 19.4. The Kier molecular flexibility index (Phi) is 4.24. The summed E-state index contributed by atoms with van der Waals surface area (Å²) in [5, 5.41) is 15.2. The Hall–Kier alpha value is -1.57. The third-order valence-corrected chi connectivity index (χ3v) is 3.08. The minimum absolute atomic E-state index is 0.109. The lowest BCUT2D eigenvalue weighted by molar-refractivity contribution is -0.145. The SMILES string of the molecule is CNC(C)(CC(C)n1ccc(C(F)(F)F)n1)C(=O)O. The number of carboxylic acids is 1. The monoisotopic (exact) mass is 279 g/mol. The van der Waals surface area contributed by atoms with Crippen molar-refractivity contribution in [3.8, 4) is 0 Å². The van der Waals surface area contributed by atoms with Crippen LogP contribution in [-0.4, -0.2) is 33.4 Å². The predicted molar refractivity (Wildman–Crippen MR) is 61.7 cm³/mol. The molecular weight excluding hydrogens is 263 g/mol. The second-order valence-electron chi connectivity index (χ2n) is 4.62. The standard InChI is InChI=1S/C11H16F3N3O2/c1-7(6-10(2,15-3)9(18)19)17-5-4-8(16-17)11(12,13)14/h4-5,7,15H,6H2,1-3H3,(H,18,19). The number of alkyl halides is 3. The van der Waals surface area contributed by atoms with Crippen molar-refractivity contribution in [1.82, 2.24) is 15.1 Å². The first kappa shape index (κ1) is 15.5. The van der Waals surface area contributed by atoms with E-state index in [1.807, 2.05) is 0 Å². The first-order chi connectivity index (χ1) is 8.60. The summed E-state index contributed by atoms with van der Waals surface area (Å²) in [6, 6.07) is 0.387. The van der Waals surface area contributed by atoms with Gasteiger partial charge in [-0.2, -0.15) is 18.3 Å². The summed E-state index contributed by atoms with van der Waals surface area (Å²) >= 11 is 0. The van der Waals surface area contributed by atoms with Crippen LogP contribution in [0.4, 0.5) is 13.2 Å². The van der Waals surface area contributed by atoms with Gasteiger partial charge in [0.05, 0.1) is 6.04 Å². The lowest BCUT2D eigenvalue weighted by Gasteiger charge is -2.27. The third kappa shape index (κ3) is 3.46. The van der Waals surface area contributed by atoms with Gasteiger partial charge in [-0.25, -0.2) is 0 Å². The van der Waals surface area contributed by atoms with E-state index >= 15 is 0 Å². The average molecular weight is 279 g/mol. The summed E-state index contributed by atoms with van der Waals surface area (Å²) in [4.78, 5) is 11.1. The minimum Gasteiger partial charge on any atom is -0.480 e. The van der Waals surface area contributed by atoms with Crippen LogP contribution in [0.2, 0.25) is 0 Å². The minimum atomic E-state index is -4.50. The molecule has 1 aromatic rings. The molecular formula is C11H16F3N3O2. The molecule has 19 heavy (non-hydrogen) atoms. The highest BCUT2D eigenvalue weighted by Gasteiger charge is 2.36. The Morgan fingerprint density at radius 3 is 2.53 bits per heavy atom. The molecule has 0 aliphatic rings. The smallest absolute Gasteiger partial charge is 0.435 e. The van der Waals surface area contributed by atoms with Gasteiger partial charge in [-0.1, -0.05) is 0 Å². The molecule has 0 spiro atoms. The second-order valence-corrected chi connectivity index (χ2v) is 4.62. The lowest BCUT2D eigenvalue weighted by Crippen LogP contribution is -2.48. The molecule has 0 radical (unpaired) electrons. The first-order valence-corrected chi connectivity index (χ1v) is 5.65. The number of carbonyl (C=O) groups is 1. The van der Waals surface area contributed by atoms with Crippen LogP contribution in [0.1, 0.15) is 32.0 Å².